The summed E-state index contributed by atoms with van der Waals surface area (Å²) in [5.41, 5.74) is 6.21. The monoisotopic (exact) mass is 516 g/mol. The number of thiazole rings is 1. The molecule has 0 spiro atoms. The predicted octanol–water partition coefficient (Wildman–Crippen LogP) is 5.26. The molecule has 0 saturated carbocycles. The number of benzene rings is 1. The highest BCUT2D eigenvalue weighted by Crippen LogP contribution is 2.41. The highest BCUT2D eigenvalue weighted by Gasteiger charge is 2.41. The van der Waals surface area contributed by atoms with Crippen molar-refractivity contribution in [2.45, 2.75) is 39.3 Å². The number of carbonyl (C=O) groups is 1. The zero-order chi connectivity index (χ0) is 25.2. The first-order chi connectivity index (χ1) is 17.4. The summed E-state index contributed by atoms with van der Waals surface area (Å²) >= 11 is 7.40. The lowest BCUT2D eigenvalue weighted by molar-refractivity contribution is -0.116. The van der Waals surface area contributed by atoms with Crippen LogP contribution in [0.5, 0.6) is 0 Å². The summed E-state index contributed by atoms with van der Waals surface area (Å²) < 4.78 is 2.18. The minimum Gasteiger partial charge on any atom is -0.352 e. The molecule has 5 rings (SSSR count). The van der Waals surface area contributed by atoms with Gasteiger partial charge in [-0.15, -0.1) is 11.3 Å². The first-order valence-electron chi connectivity index (χ1n) is 11.9. The minimum absolute atomic E-state index is 0.0463. The second-order valence-corrected chi connectivity index (χ2v) is 10.2. The zero-order valence-corrected chi connectivity index (χ0v) is 22.1. The summed E-state index contributed by atoms with van der Waals surface area (Å²) in [5, 5.41) is 10.0. The van der Waals surface area contributed by atoms with Crippen LogP contribution in [-0.4, -0.2) is 37.0 Å². The summed E-state index contributed by atoms with van der Waals surface area (Å²) in [4.78, 5) is 24.1. The molecule has 184 valence electrons. The number of carbonyl (C=O) groups excluding carboxylic acids is 1. The second-order valence-electron chi connectivity index (χ2n) is 8.96. The molecule has 0 bridgehead atoms. The molecule has 2 atom stereocenters. The molecule has 1 aliphatic heterocycles. The molecule has 1 saturated heterocycles. The lowest BCUT2D eigenvalue weighted by Gasteiger charge is -2.28. The summed E-state index contributed by atoms with van der Waals surface area (Å²) in [6.45, 7) is 6.71. The van der Waals surface area contributed by atoms with Crippen molar-refractivity contribution in [3.05, 3.63) is 94.5 Å². The molecule has 0 radical (unpaired) electrons. The Balaban J connectivity index is 1.44. The molecular weight excluding hydrogens is 488 g/mol. The fraction of sp³-hybridized carbons (Fsp3) is 0.259. The fourth-order valence-electron chi connectivity index (χ4n) is 4.77. The largest absolute Gasteiger partial charge is 0.352 e. The van der Waals surface area contributed by atoms with Crippen LogP contribution in [0, 0.1) is 20.8 Å². The van der Waals surface area contributed by atoms with Crippen molar-refractivity contribution in [3.63, 3.8) is 0 Å². The Morgan fingerprint density at radius 3 is 2.61 bits per heavy atom. The van der Waals surface area contributed by atoms with Crippen LogP contribution in [0.2, 0.25) is 0 Å². The Morgan fingerprint density at radius 2 is 1.92 bits per heavy atom. The molecular formula is C27H28N6OS2. The van der Waals surface area contributed by atoms with Crippen molar-refractivity contribution in [1.29, 1.82) is 0 Å². The summed E-state index contributed by atoms with van der Waals surface area (Å²) in [6.07, 6.45) is 3.93. The van der Waals surface area contributed by atoms with Crippen molar-refractivity contribution in [2.75, 3.05) is 11.9 Å². The van der Waals surface area contributed by atoms with Gasteiger partial charge in [-0.2, -0.15) is 0 Å². The molecule has 7 nitrogen and oxygen atoms in total. The summed E-state index contributed by atoms with van der Waals surface area (Å²) in [6, 6.07) is 15.7. The second kappa shape index (κ2) is 10.2. The first kappa shape index (κ1) is 24.1. The van der Waals surface area contributed by atoms with E-state index in [1.165, 1.54) is 0 Å². The van der Waals surface area contributed by atoms with E-state index in [1.807, 2.05) is 61.0 Å². The van der Waals surface area contributed by atoms with Gasteiger partial charge in [0.1, 0.15) is 0 Å². The zero-order valence-electron chi connectivity index (χ0n) is 20.4. The van der Waals surface area contributed by atoms with Gasteiger partial charge in [0.25, 0.3) is 0 Å². The average Bonchev–Trinajstić information content (AvgIpc) is 3.58. The number of hydrogen-bond donors (Lipinski definition) is 2. The van der Waals surface area contributed by atoms with Gasteiger partial charge in [0, 0.05) is 47.8 Å². The van der Waals surface area contributed by atoms with Crippen LogP contribution in [0.3, 0.4) is 0 Å². The Morgan fingerprint density at radius 1 is 1.11 bits per heavy atom. The molecule has 0 aliphatic carbocycles. The molecule has 4 aromatic rings. The third-order valence-electron chi connectivity index (χ3n) is 6.51. The Bertz CT molecular complexity index is 1370. The van der Waals surface area contributed by atoms with Gasteiger partial charge < -0.3 is 15.5 Å². The summed E-state index contributed by atoms with van der Waals surface area (Å²) in [7, 11) is 0. The van der Waals surface area contributed by atoms with E-state index >= 15 is 0 Å². The van der Waals surface area contributed by atoms with E-state index in [0.717, 1.165) is 39.0 Å². The third kappa shape index (κ3) is 4.76. The van der Waals surface area contributed by atoms with Crippen molar-refractivity contribution in [3.8, 4) is 5.13 Å². The highest BCUT2D eigenvalue weighted by molar-refractivity contribution is 7.80. The van der Waals surface area contributed by atoms with Crippen molar-refractivity contribution < 1.29 is 4.79 Å². The number of aryl methyl sites for hydroxylation is 2. The van der Waals surface area contributed by atoms with Gasteiger partial charge in [0.05, 0.1) is 17.8 Å². The van der Waals surface area contributed by atoms with Gasteiger partial charge >= 0.3 is 0 Å². The maximum absolute atomic E-state index is 12.8. The van der Waals surface area contributed by atoms with Crippen LogP contribution in [0.25, 0.3) is 5.13 Å². The first-order valence-corrected chi connectivity index (χ1v) is 13.1. The molecule has 1 aliphatic rings. The smallest absolute Gasteiger partial charge is 0.226 e. The number of rotatable bonds is 7. The van der Waals surface area contributed by atoms with Gasteiger partial charge in [-0.1, -0.05) is 23.8 Å². The Labute approximate surface area is 220 Å². The molecule has 1 aromatic carbocycles. The Kier molecular flexibility index (Phi) is 6.84. The van der Waals surface area contributed by atoms with Crippen LogP contribution in [0.4, 0.5) is 5.69 Å². The number of hydrogen-bond acceptors (Lipinski definition) is 5. The molecule has 3 aromatic heterocycles. The minimum atomic E-state index is -0.135. The third-order valence-corrected chi connectivity index (χ3v) is 7.62. The highest BCUT2D eigenvalue weighted by atomic mass is 32.1. The SMILES string of the molecule is Cc1ccc(NC(=O)CCN2C(=S)N[C@@H](c3ccccn3)[C@H]2c2cc(C)n(-c3nccs3)c2C)cc1. The quantitative estimate of drug-likeness (QED) is 0.327. The van der Waals surface area contributed by atoms with Gasteiger partial charge in [-0.05, 0) is 68.9 Å². The Hall–Kier alpha value is -3.56. The normalized spacial score (nSPS) is 17.3. The number of nitrogens with one attached hydrogen (secondary N) is 2. The van der Waals surface area contributed by atoms with Crippen molar-refractivity contribution in [1.82, 2.24) is 24.8 Å². The van der Waals surface area contributed by atoms with Crippen LogP contribution in [-0.2, 0) is 4.79 Å². The topological polar surface area (TPSA) is 75.1 Å². The van der Waals surface area contributed by atoms with Crippen LogP contribution >= 0.6 is 23.6 Å². The molecule has 2 N–H and O–H groups in total. The van der Waals surface area contributed by atoms with E-state index in [-0.39, 0.29) is 18.0 Å². The molecule has 1 fully saturated rings. The van der Waals surface area contributed by atoms with E-state index in [9.17, 15) is 4.79 Å². The number of anilines is 1. The van der Waals surface area contributed by atoms with Gasteiger partial charge in [-0.3, -0.25) is 14.3 Å². The van der Waals surface area contributed by atoms with E-state index in [2.05, 4.69) is 50.0 Å². The predicted molar refractivity (Wildman–Crippen MR) is 147 cm³/mol. The summed E-state index contributed by atoms with van der Waals surface area (Å²) in [5.74, 6) is -0.0463. The number of aromatic nitrogens is 3. The number of amides is 1. The lowest BCUT2D eigenvalue weighted by atomic mass is 9.96. The van der Waals surface area contributed by atoms with Crippen LogP contribution in [0.1, 0.15) is 46.7 Å². The van der Waals surface area contributed by atoms with Crippen molar-refractivity contribution >= 4 is 40.3 Å². The van der Waals surface area contributed by atoms with E-state index in [0.29, 0.717) is 18.1 Å². The van der Waals surface area contributed by atoms with Gasteiger partial charge in [0.2, 0.25) is 5.91 Å². The maximum atomic E-state index is 12.8. The lowest BCUT2D eigenvalue weighted by Crippen LogP contribution is -2.32. The van der Waals surface area contributed by atoms with E-state index in [1.54, 1.807) is 17.5 Å². The van der Waals surface area contributed by atoms with E-state index < -0.39 is 0 Å². The number of nitrogens with zero attached hydrogens (tertiary/aromatic N) is 4. The van der Waals surface area contributed by atoms with Gasteiger partial charge in [0.15, 0.2) is 10.2 Å². The number of pyridine rings is 1. The number of thiocarbonyl (C=S) groups is 1. The maximum Gasteiger partial charge on any atom is 0.226 e. The molecule has 9 heteroatoms. The van der Waals surface area contributed by atoms with Gasteiger partial charge in [-0.25, -0.2) is 4.98 Å². The molecule has 0 unspecified atom stereocenters. The standard InChI is InChI=1S/C27H28N6OS2/c1-17-7-9-20(10-8-17)30-23(34)11-14-32-25(24(31-26(32)35)22-6-4-5-12-28-22)21-16-18(2)33(19(21)3)27-29-13-15-36-27/h4-10,12-13,15-16,24-25H,11,14H2,1-3H3,(H,30,34)(H,31,35)/t24-,25+/m0/s1. The molecule has 4 heterocycles. The van der Waals surface area contributed by atoms with Crippen LogP contribution in [0.15, 0.2) is 66.3 Å². The molecule has 1 amide bonds. The van der Waals surface area contributed by atoms with E-state index in [4.69, 9.17) is 12.2 Å². The average molecular weight is 517 g/mol. The van der Waals surface area contributed by atoms with Crippen molar-refractivity contribution in [2.24, 2.45) is 0 Å². The molecule has 36 heavy (non-hydrogen) atoms. The van der Waals surface area contributed by atoms with Crippen LogP contribution < -0.4 is 10.6 Å². The fourth-order valence-corrected chi connectivity index (χ4v) is 5.86.